The van der Waals surface area contributed by atoms with E-state index >= 15 is 0 Å². The van der Waals surface area contributed by atoms with Crippen molar-refractivity contribution in [2.75, 3.05) is 39.3 Å². The number of carbonyl (C=O) groups excluding carboxylic acids is 1. The van der Waals surface area contributed by atoms with Gasteiger partial charge in [-0.2, -0.15) is 0 Å². The van der Waals surface area contributed by atoms with Crippen LogP contribution >= 0.6 is 0 Å². The van der Waals surface area contributed by atoms with Crippen molar-refractivity contribution in [1.29, 1.82) is 0 Å². The van der Waals surface area contributed by atoms with E-state index < -0.39 is 5.60 Å². The predicted octanol–water partition coefficient (Wildman–Crippen LogP) is -0.700. The number of rotatable bonds is 2. The lowest BCUT2D eigenvalue weighted by atomic mass is 9.97. The first-order valence-electron chi connectivity index (χ1n) is 5.80. The van der Waals surface area contributed by atoms with Crippen molar-refractivity contribution in [3.8, 4) is 0 Å². The zero-order chi connectivity index (χ0) is 11.8. The molecule has 2 heterocycles. The number of nitrogens with zero attached hydrogens (tertiary/aromatic N) is 2. The van der Waals surface area contributed by atoms with Gasteiger partial charge >= 0.3 is 0 Å². The van der Waals surface area contributed by atoms with Gasteiger partial charge in [-0.25, -0.2) is 0 Å². The predicted molar refractivity (Wildman–Crippen MR) is 59.1 cm³/mol. The molecule has 2 rings (SSSR count). The minimum Gasteiger partial charge on any atom is -0.388 e. The van der Waals surface area contributed by atoms with Crippen molar-refractivity contribution in [1.82, 2.24) is 9.80 Å². The van der Waals surface area contributed by atoms with Crippen LogP contribution in [0.15, 0.2) is 0 Å². The van der Waals surface area contributed by atoms with Gasteiger partial charge in [0.05, 0.1) is 24.9 Å². The second-order valence-electron chi connectivity index (χ2n) is 5.16. The molecule has 1 unspecified atom stereocenters. The number of hydrogen-bond acceptors (Lipinski definition) is 4. The zero-order valence-corrected chi connectivity index (χ0v) is 9.98. The summed E-state index contributed by atoms with van der Waals surface area (Å²) in [7, 11) is 0. The second-order valence-corrected chi connectivity index (χ2v) is 5.16. The highest BCUT2D eigenvalue weighted by atomic mass is 16.5. The fourth-order valence-corrected chi connectivity index (χ4v) is 2.37. The Bertz CT molecular complexity index is 272. The minimum absolute atomic E-state index is 0.136. The molecule has 2 aliphatic heterocycles. The summed E-state index contributed by atoms with van der Waals surface area (Å²) in [5, 5.41) is 9.56. The van der Waals surface area contributed by atoms with Gasteiger partial charge in [0.2, 0.25) is 5.91 Å². The molecule has 0 aromatic heterocycles. The fraction of sp³-hybridized carbons (Fsp3) is 0.909. The van der Waals surface area contributed by atoms with Crippen LogP contribution in [0.5, 0.6) is 0 Å². The number of amides is 1. The summed E-state index contributed by atoms with van der Waals surface area (Å²) in [4.78, 5) is 15.7. The molecule has 0 bridgehead atoms. The number of hydrogen-bond donors (Lipinski definition) is 1. The maximum absolute atomic E-state index is 11.9. The molecule has 0 saturated carbocycles. The Labute approximate surface area is 96.0 Å². The highest BCUT2D eigenvalue weighted by molar-refractivity contribution is 5.78. The molecular formula is C11H20N2O3. The van der Waals surface area contributed by atoms with Crippen LogP contribution in [-0.4, -0.2) is 71.8 Å². The largest absolute Gasteiger partial charge is 0.388 e. The number of likely N-dealkylation sites (tertiary alicyclic amines) is 1. The molecule has 2 saturated heterocycles. The number of aliphatic hydroxyl groups is 1. The number of β-amino-alcohol motifs (C(OH)–C–C–N with tert-alkyl or cyclic N) is 1. The van der Waals surface area contributed by atoms with Crippen LogP contribution in [0.3, 0.4) is 0 Å². The Hall–Kier alpha value is -0.650. The van der Waals surface area contributed by atoms with Crippen LogP contribution in [0.2, 0.25) is 0 Å². The van der Waals surface area contributed by atoms with Gasteiger partial charge in [-0.3, -0.25) is 9.69 Å². The minimum atomic E-state index is -0.599. The summed E-state index contributed by atoms with van der Waals surface area (Å²) in [6.07, 6.45) is 0.136. The fourth-order valence-electron chi connectivity index (χ4n) is 2.37. The third kappa shape index (κ3) is 2.72. The molecule has 1 amide bonds. The monoisotopic (exact) mass is 228 g/mol. The standard InChI is InChI=1S/C11H20N2O3/c1-9-5-13(3-4-16-9)10(14)6-12-7-11(2,15)8-12/h9,15H,3-8H2,1-2H3. The Morgan fingerprint density at radius 1 is 1.56 bits per heavy atom. The Morgan fingerprint density at radius 2 is 2.25 bits per heavy atom. The summed E-state index contributed by atoms with van der Waals surface area (Å²) in [5.41, 5.74) is -0.599. The van der Waals surface area contributed by atoms with Crippen molar-refractivity contribution < 1.29 is 14.6 Å². The van der Waals surface area contributed by atoms with Gasteiger partial charge in [0.1, 0.15) is 0 Å². The lowest BCUT2D eigenvalue weighted by Crippen LogP contribution is -2.62. The van der Waals surface area contributed by atoms with E-state index in [0.29, 0.717) is 39.3 Å². The van der Waals surface area contributed by atoms with E-state index in [-0.39, 0.29) is 12.0 Å². The van der Waals surface area contributed by atoms with Crippen molar-refractivity contribution in [2.45, 2.75) is 25.6 Å². The molecule has 0 spiro atoms. The van der Waals surface area contributed by atoms with Crippen LogP contribution in [0.25, 0.3) is 0 Å². The second kappa shape index (κ2) is 4.31. The van der Waals surface area contributed by atoms with Crippen molar-refractivity contribution >= 4 is 5.91 Å². The van der Waals surface area contributed by atoms with Gasteiger partial charge in [-0.15, -0.1) is 0 Å². The Balaban J connectivity index is 1.76. The average Bonchev–Trinajstić information content (AvgIpc) is 2.14. The molecule has 92 valence electrons. The van der Waals surface area contributed by atoms with Gasteiger partial charge in [-0.1, -0.05) is 0 Å². The first kappa shape index (κ1) is 11.8. The van der Waals surface area contributed by atoms with Crippen molar-refractivity contribution in [2.24, 2.45) is 0 Å². The van der Waals surface area contributed by atoms with Crippen LogP contribution in [0, 0.1) is 0 Å². The summed E-state index contributed by atoms with van der Waals surface area (Å²) < 4.78 is 5.39. The zero-order valence-electron chi connectivity index (χ0n) is 9.98. The molecule has 16 heavy (non-hydrogen) atoms. The summed E-state index contributed by atoms with van der Waals surface area (Å²) in [6.45, 7) is 7.39. The van der Waals surface area contributed by atoms with E-state index in [1.165, 1.54) is 0 Å². The number of ether oxygens (including phenoxy) is 1. The van der Waals surface area contributed by atoms with Gasteiger partial charge < -0.3 is 14.7 Å². The third-order valence-electron chi connectivity index (χ3n) is 3.08. The molecule has 5 nitrogen and oxygen atoms in total. The molecule has 1 N–H and O–H groups in total. The van der Waals surface area contributed by atoms with Gasteiger partial charge in [0.25, 0.3) is 0 Å². The van der Waals surface area contributed by atoms with Gasteiger partial charge in [-0.05, 0) is 13.8 Å². The first-order valence-corrected chi connectivity index (χ1v) is 5.80. The Kier molecular flexibility index (Phi) is 3.19. The van der Waals surface area contributed by atoms with E-state index in [9.17, 15) is 9.90 Å². The molecule has 2 aliphatic rings. The molecular weight excluding hydrogens is 208 g/mol. The maximum Gasteiger partial charge on any atom is 0.236 e. The van der Waals surface area contributed by atoms with Gasteiger partial charge in [0.15, 0.2) is 0 Å². The van der Waals surface area contributed by atoms with E-state index in [2.05, 4.69) is 0 Å². The molecule has 1 atom stereocenters. The SMILES string of the molecule is CC1CN(C(=O)CN2CC(C)(O)C2)CCO1. The van der Waals surface area contributed by atoms with E-state index in [1.54, 1.807) is 6.92 Å². The van der Waals surface area contributed by atoms with Gasteiger partial charge in [0, 0.05) is 26.2 Å². The molecule has 2 fully saturated rings. The van der Waals surface area contributed by atoms with Crippen LogP contribution in [0.4, 0.5) is 0 Å². The lowest BCUT2D eigenvalue weighted by molar-refractivity contribution is -0.146. The average molecular weight is 228 g/mol. The molecule has 5 heteroatoms. The quantitative estimate of drug-likeness (QED) is 0.679. The normalized spacial score (nSPS) is 29.9. The highest BCUT2D eigenvalue weighted by Gasteiger charge is 2.38. The number of carbonyl (C=O) groups is 1. The smallest absolute Gasteiger partial charge is 0.236 e. The molecule has 0 aromatic carbocycles. The lowest BCUT2D eigenvalue weighted by Gasteiger charge is -2.44. The van der Waals surface area contributed by atoms with Crippen LogP contribution < -0.4 is 0 Å². The summed E-state index contributed by atoms with van der Waals surface area (Å²) >= 11 is 0. The molecule has 0 radical (unpaired) electrons. The maximum atomic E-state index is 11.9. The van der Waals surface area contributed by atoms with Crippen LogP contribution in [0.1, 0.15) is 13.8 Å². The molecule has 0 aromatic rings. The van der Waals surface area contributed by atoms with E-state index in [1.807, 2.05) is 16.7 Å². The van der Waals surface area contributed by atoms with E-state index in [0.717, 1.165) is 0 Å². The summed E-state index contributed by atoms with van der Waals surface area (Å²) in [6, 6.07) is 0. The Morgan fingerprint density at radius 3 is 2.81 bits per heavy atom. The van der Waals surface area contributed by atoms with Crippen molar-refractivity contribution in [3.63, 3.8) is 0 Å². The third-order valence-corrected chi connectivity index (χ3v) is 3.08. The molecule has 0 aliphatic carbocycles. The number of morpholine rings is 1. The van der Waals surface area contributed by atoms with Crippen molar-refractivity contribution in [3.05, 3.63) is 0 Å². The first-order chi connectivity index (χ1) is 7.46. The highest BCUT2D eigenvalue weighted by Crippen LogP contribution is 2.19. The summed E-state index contributed by atoms with van der Waals surface area (Å²) in [5.74, 6) is 0.144. The van der Waals surface area contributed by atoms with Crippen LogP contribution in [-0.2, 0) is 9.53 Å². The topological polar surface area (TPSA) is 53.0 Å². The van der Waals surface area contributed by atoms with E-state index in [4.69, 9.17) is 4.74 Å².